The van der Waals surface area contributed by atoms with Crippen molar-refractivity contribution < 1.29 is 4.79 Å². The number of rotatable bonds is 6. The summed E-state index contributed by atoms with van der Waals surface area (Å²) in [6, 6.07) is 10.4. The van der Waals surface area contributed by atoms with E-state index in [4.69, 9.17) is 0 Å². The Bertz CT molecular complexity index is 839. The molecule has 1 atom stereocenters. The number of aromatic nitrogens is 2. The van der Waals surface area contributed by atoms with Crippen LogP contribution in [0.1, 0.15) is 44.6 Å². The van der Waals surface area contributed by atoms with Gasteiger partial charge < -0.3 is 10.6 Å². The van der Waals surface area contributed by atoms with Crippen molar-refractivity contribution in [1.29, 1.82) is 5.26 Å². The molecule has 0 spiro atoms. The number of hydrogen-bond acceptors (Lipinski definition) is 7. The summed E-state index contributed by atoms with van der Waals surface area (Å²) in [5, 5.41) is 24.4. The lowest BCUT2D eigenvalue weighted by Gasteiger charge is -2.32. The summed E-state index contributed by atoms with van der Waals surface area (Å²) < 4.78 is 0.724. The molecule has 1 aliphatic carbocycles. The van der Waals surface area contributed by atoms with Crippen molar-refractivity contribution in [3.63, 3.8) is 0 Å². The molecule has 1 amide bonds. The van der Waals surface area contributed by atoms with Gasteiger partial charge >= 0.3 is 0 Å². The molecule has 0 aliphatic heterocycles. The van der Waals surface area contributed by atoms with Gasteiger partial charge in [-0.2, -0.15) is 5.26 Å². The van der Waals surface area contributed by atoms with Crippen LogP contribution in [0.5, 0.6) is 0 Å². The second kappa shape index (κ2) is 8.72. The van der Waals surface area contributed by atoms with Gasteiger partial charge in [0.2, 0.25) is 11.0 Å². The zero-order valence-electron chi connectivity index (χ0n) is 15.5. The van der Waals surface area contributed by atoms with E-state index in [0.29, 0.717) is 5.13 Å². The highest BCUT2D eigenvalue weighted by molar-refractivity contribution is 8.02. The summed E-state index contributed by atoms with van der Waals surface area (Å²) >= 11 is 2.78. The third-order valence-electron chi connectivity index (χ3n) is 4.61. The Kier molecular flexibility index (Phi) is 6.34. The summed E-state index contributed by atoms with van der Waals surface area (Å²) in [5.41, 5.74) is 1.42. The number of amides is 1. The van der Waals surface area contributed by atoms with Crippen molar-refractivity contribution in [2.45, 2.75) is 61.1 Å². The van der Waals surface area contributed by atoms with Crippen LogP contribution in [0.2, 0.25) is 0 Å². The fourth-order valence-corrected chi connectivity index (χ4v) is 5.03. The van der Waals surface area contributed by atoms with Gasteiger partial charge in [0, 0.05) is 5.69 Å². The first-order chi connectivity index (χ1) is 13.0. The van der Waals surface area contributed by atoms with Crippen molar-refractivity contribution >= 4 is 39.8 Å². The Balaban J connectivity index is 1.57. The Hall–Kier alpha value is -2.11. The molecule has 0 saturated heterocycles. The van der Waals surface area contributed by atoms with E-state index in [1.807, 2.05) is 38.1 Å². The number of nitrogens with one attached hydrogen (secondary N) is 2. The normalized spacial score (nSPS) is 16.9. The maximum absolute atomic E-state index is 12.6. The average Bonchev–Trinajstić information content (AvgIpc) is 3.09. The van der Waals surface area contributed by atoms with Crippen LogP contribution in [-0.2, 0) is 4.79 Å². The van der Waals surface area contributed by atoms with Gasteiger partial charge in [-0.15, -0.1) is 10.2 Å². The van der Waals surface area contributed by atoms with Gasteiger partial charge in [0.25, 0.3) is 0 Å². The molecule has 1 aliphatic rings. The minimum atomic E-state index is -0.705. The smallest absolute Gasteiger partial charge is 0.234 e. The van der Waals surface area contributed by atoms with E-state index < -0.39 is 5.54 Å². The third kappa shape index (κ3) is 5.21. The number of hydrogen-bond donors (Lipinski definition) is 2. The molecule has 27 heavy (non-hydrogen) atoms. The number of benzene rings is 1. The molecular formula is C19H23N5OS2. The Morgan fingerprint density at radius 3 is 2.81 bits per heavy atom. The van der Waals surface area contributed by atoms with Gasteiger partial charge in [-0.1, -0.05) is 54.5 Å². The highest BCUT2D eigenvalue weighted by Crippen LogP contribution is 2.32. The number of nitrogens with zero attached hydrogens (tertiary/aromatic N) is 3. The number of anilines is 2. The molecule has 1 aromatic heterocycles. The van der Waals surface area contributed by atoms with Crippen LogP contribution in [-0.4, -0.2) is 26.9 Å². The molecule has 0 unspecified atom stereocenters. The Labute approximate surface area is 167 Å². The number of thioether (sulfide) groups is 1. The molecule has 1 heterocycles. The quantitative estimate of drug-likeness (QED) is 0.697. The van der Waals surface area contributed by atoms with Crippen molar-refractivity contribution in [2.75, 3.05) is 5.32 Å². The topological polar surface area (TPSA) is 90.7 Å². The molecule has 142 valence electrons. The van der Waals surface area contributed by atoms with E-state index in [1.54, 1.807) is 0 Å². The summed E-state index contributed by atoms with van der Waals surface area (Å²) in [6.45, 7) is 3.87. The van der Waals surface area contributed by atoms with Crippen molar-refractivity contribution in [1.82, 2.24) is 15.5 Å². The largest absolute Gasteiger partial charge is 0.337 e. The summed E-state index contributed by atoms with van der Waals surface area (Å²) in [4.78, 5) is 12.6. The average molecular weight is 402 g/mol. The molecule has 8 heteroatoms. The molecule has 2 aromatic rings. The van der Waals surface area contributed by atoms with Crippen LogP contribution >= 0.6 is 23.1 Å². The van der Waals surface area contributed by atoms with E-state index in [9.17, 15) is 10.1 Å². The van der Waals surface area contributed by atoms with Crippen molar-refractivity contribution in [3.05, 3.63) is 29.8 Å². The summed E-state index contributed by atoms with van der Waals surface area (Å²) in [5.74, 6) is -0.119. The highest BCUT2D eigenvalue weighted by atomic mass is 32.2. The third-order valence-corrected chi connectivity index (χ3v) is 6.63. The van der Waals surface area contributed by atoms with E-state index >= 15 is 0 Å². The maximum atomic E-state index is 12.6. The molecule has 1 fully saturated rings. The minimum absolute atomic E-state index is 0.119. The maximum Gasteiger partial charge on any atom is 0.234 e. The second-order valence-electron chi connectivity index (χ2n) is 6.87. The fourth-order valence-electron chi connectivity index (χ4n) is 3.12. The lowest BCUT2D eigenvalue weighted by atomic mass is 9.83. The first-order valence-corrected chi connectivity index (χ1v) is 10.8. The molecule has 1 saturated carbocycles. The SMILES string of the molecule is Cc1cccc(Nc2nnc(S[C@H](C)C(=O)NC3(C#N)CCCCC3)s2)c1. The first-order valence-electron chi connectivity index (χ1n) is 9.07. The predicted molar refractivity (Wildman–Crippen MR) is 109 cm³/mol. The van der Waals surface area contributed by atoms with Crippen LogP contribution in [0, 0.1) is 18.3 Å². The first kappa shape index (κ1) is 19.6. The number of aryl methyl sites for hydroxylation is 1. The van der Waals surface area contributed by atoms with Crippen molar-refractivity contribution in [2.24, 2.45) is 0 Å². The minimum Gasteiger partial charge on any atom is -0.337 e. The van der Waals surface area contributed by atoms with E-state index in [1.165, 1.54) is 28.7 Å². The van der Waals surface area contributed by atoms with E-state index in [0.717, 1.165) is 42.1 Å². The van der Waals surface area contributed by atoms with Gasteiger partial charge in [-0.25, -0.2) is 0 Å². The van der Waals surface area contributed by atoms with Gasteiger partial charge in [-0.05, 0) is 44.4 Å². The van der Waals surface area contributed by atoms with E-state index in [2.05, 4.69) is 26.9 Å². The van der Waals surface area contributed by atoms with Gasteiger partial charge in [-0.3, -0.25) is 4.79 Å². The Morgan fingerprint density at radius 2 is 2.11 bits per heavy atom. The molecule has 1 aromatic carbocycles. The monoisotopic (exact) mass is 401 g/mol. The van der Waals surface area contributed by atoms with Gasteiger partial charge in [0.15, 0.2) is 4.34 Å². The number of nitriles is 1. The zero-order valence-corrected chi connectivity index (χ0v) is 17.1. The molecule has 6 nitrogen and oxygen atoms in total. The molecule has 2 N–H and O–H groups in total. The summed E-state index contributed by atoms with van der Waals surface area (Å²) in [6.07, 6.45) is 4.57. The van der Waals surface area contributed by atoms with Gasteiger partial charge in [0.05, 0.1) is 11.3 Å². The molecular weight excluding hydrogens is 378 g/mol. The molecule has 0 bridgehead atoms. The second-order valence-corrected chi connectivity index (χ2v) is 9.44. The summed E-state index contributed by atoms with van der Waals surface area (Å²) in [7, 11) is 0. The van der Waals surface area contributed by atoms with Crippen LogP contribution in [0.25, 0.3) is 0 Å². The number of carbonyl (C=O) groups is 1. The van der Waals surface area contributed by atoms with Crippen LogP contribution in [0.3, 0.4) is 0 Å². The van der Waals surface area contributed by atoms with Gasteiger partial charge in [0.1, 0.15) is 5.54 Å². The molecule has 0 radical (unpaired) electrons. The standard InChI is InChI=1S/C19H23N5OS2/c1-13-7-6-8-15(11-13)21-17-23-24-18(27-17)26-14(2)16(25)22-19(12-20)9-4-3-5-10-19/h6-8,11,14H,3-5,9-10H2,1-2H3,(H,21,23)(H,22,25)/t14-/m1/s1. The van der Waals surface area contributed by atoms with E-state index in [-0.39, 0.29) is 11.2 Å². The van der Waals surface area contributed by atoms with Crippen LogP contribution < -0.4 is 10.6 Å². The van der Waals surface area contributed by atoms with Crippen molar-refractivity contribution in [3.8, 4) is 6.07 Å². The highest BCUT2D eigenvalue weighted by Gasteiger charge is 2.35. The zero-order chi connectivity index (χ0) is 19.3. The Morgan fingerprint density at radius 1 is 1.33 bits per heavy atom. The van der Waals surface area contributed by atoms with Crippen LogP contribution in [0.4, 0.5) is 10.8 Å². The van der Waals surface area contributed by atoms with Crippen LogP contribution in [0.15, 0.2) is 28.6 Å². The lowest BCUT2D eigenvalue weighted by Crippen LogP contribution is -2.50. The molecule has 3 rings (SSSR count). The number of carbonyl (C=O) groups excluding carboxylic acids is 1. The fraction of sp³-hybridized carbons (Fsp3) is 0.474. The predicted octanol–water partition coefficient (Wildman–Crippen LogP) is 4.41. The lowest BCUT2D eigenvalue weighted by molar-refractivity contribution is -0.121.